The minimum atomic E-state index is -0.646. The number of non-ortho nitro benzene ring substituents is 1. The molecule has 2 rings (SSSR count). The number of hydrogen-bond donors (Lipinski definition) is 3. The number of hydrazine groups is 1. The average Bonchev–Trinajstić information content (AvgIpc) is 2.60. The van der Waals surface area contributed by atoms with Gasteiger partial charge in [-0.25, -0.2) is 0 Å². The Morgan fingerprint density at radius 3 is 2.32 bits per heavy atom. The fourth-order valence-electron chi connectivity index (χ4n) is 1.75. The summed E-state index contributed by atoms with van der Waals surface area (Å²) in [6, 6.07) is 11.3. The highest BCUT2D eigenvalue weighted by molar-refractivity contribution is 7.80. The molecule has 10 heteroatoms. The molecular formula is C15H11ClN4O4S. The largest absolute Gasteiger partial charge is 0.298 e. The van der Waals surface area contributed by atoms with E-state index >= 15 is 0 Å². The van der Waals surface area contributed by atoms with E-state index in [1.807, 2.05) is 0 Å². The first-order valence-corrected chi connectivity index (χ1v) is 7.57. The third-order valence-corrected chi connectivity index (χ3v) is 3.40. The second-order valence-electron chi connectivity index (χ2n) is 4.68. The summed E-state index contributed by atoms with van der Waals surface area (Å²) >= 11 is 10.6. The van der Waals surface area contributed by atoms with Crippen molar-refractivity contribution in [3.8, 4) is 0 Å². The molecule has 2 amide bonds. The van der Waals surface area contributed by atoms with E-state index in [0.717, 1.165) is 6.07 Å². The van der Waals surface area contributed by atoms with E-state index in [1.54, 1.807) is 12.1 Å². The van der Waals surface area contributed by atoms with E-state index in [4.69, 9.17) is 23.8 Å². The van der Waals surface area contributed by atoms with Gasteiger partial charge in [0.2, 0.25) is 0 Å². The van der Waals surface area contributed by atoms with Crippen molar-refractivity contribution in [2.45, 2.75) is 0 Å². The van der Waals surface area contributed by atoms with Gasteiger partial charge in [0, 0.05) is 28.3 Å². The first-order chi connectivity index (χ1) is 11.9. The number of carbonyl (C=O) groups is 2. The number of hydrogen-bond acceptors (Lipinski definition) is 5. The van der Waals surface area contributed by atoms with Crippen LogP contribution in [0.5, 0.6) is 0 Å². The zero-order valence-electron chi connectivity index (χ0n) is 12.5. The Morgan fingerprint density at radius 1 is 1.00 bits per heavy atom. The smallest absolute Gasteiger partial charge is 0.270 e. The van der Waals surface area contributed by atoms with Gasteiger partial charge in [0.1, 0.15) is 0 Å². The van der Waals surface area contributed by atoms with Crippen molar-refractivity contribution in [3.05, 3.63) is 74.8 Å². The Kier molecular flexibility index (Phi) is 5.98. The van der Waals surface area contributed by atoms with Crippen LogP contribution in [0.25, 0.3) is 0 Å². The lowest BCUT2D eigenvalue weighted by atomic mass is 10.2. The molecule has 0 saturated heterocycles. The maximum Gasteiger partial charge on any atom is 0.270 e. The number of carbonyl (C=O) groups excluding carboxylic acids is 2. The van der Waals surface area contributed by atoms with Crippen LogP contribution in [-0.4, -0.2) is 21.9 Å². The van der Waals surface area contributed by atoms with E-state index in [0.29, 0.717) is 10.6 Å². The molecule has 2 aromatic rings. The van der Waals surface area contributed by atoms with Gasteiger partial charge in [-0.05, 0) is 42.5 Å². The highest BCUT2D eigenvalue weighted by Gasteiger charge is 2.12. The molecule has 0 atom stereocenters. The van der Waals surface area contributed by atoms with Crippen molar-refractivity contribution >= 4 is 46.4 Å². The number of nitro groups is 1. The van der Waals surface area contributed by atoms with Crippen LogP contribution >= 0.6 is 23.8 Å². The number of nitrogens with one attached hydrogen (secondary N) is 3. The summed E-state index contributed by atoms with van der Waals surface area (Å²) in [7, 11) is 0. The Balaban J connectivity index is 1.90. The van der Waals surface area contributed by atoms with Gasteiger partial charge in [0.05, 0.1) is 4.92 Å². The number of nitro benzene ring substituents is 1. The van der Waals surface area contributed by atoms with E-state index in [1.165, 1.54) is 30.3 Å². The van der Waals surface area contributed by atoms with E-state index < -0.39 is 16.7 Å². The van der Waals surface area contributed by atoms with Crippen LogP contribution in [0.3, 0.4) is 0 Å². The molecule has 25 heavy (non-hydrogen) atoms. The number of benzene rings is 2. The molecular weight excluding hydrogens is 368 g/mol. The first-order valence-electron chi connectivity index (χ1n) is 6.78. The minimum absolute atomic E-state index is 0.0635. The van der Waals surface area contributed by atoms with E-state index in [9.17, 15) is 19.7 Å². The van der Waals surface area contributed by atoms with E-state index in [-0.39, 0.29) is 16.4 Å². The average molecular weight is 379 g/mol. The molecule has 0 heterocycles. The Morgan fingerprint density at radius 2 is 1.68 bits per heavy atom. The molecule has 0 bridgehead atoms. The monoisotopic (exact) mass is 378 g/mol. The van der Waals surface area contributed by atoms with Gasteiger partial charge in [0.15, 0.2) is 5.11 Å². The SMILES string of the molecule is O=C(NNC(=S)NC(=O)c1ccc(Cl)cc1)c1cccc([N+](=O)[O-])c1. The molecule has 3 N–H and O–H groups in total. The molecule has 0 fully saturated rings. The number of rotatable bonds is 3. The second kappa shape index (κ2) is 8.18. The Labute approximate surface area is 152 Å². The molecule has 0 aliphatic rings. The van der Waals surface area contributed by atoms with Crippen molar-refractivity contribution in [2.75, 3.05) is 0 Å². The maximum absolute atomic E-state index is 11.9. The van der Waals surface area contributed by atoms with Crippen molar-refractivity contribution in [1.82, 2.24) is 16.2 Å². The maximum atomic E-state index is 11.9. The molecule has 128 valence electrons. The van der Waals surface area contributed by atoms with Crippen LogP contribution < -0.4 is 16.2 Å². The quantitative estimate of drug-likeness (QED) is 0.428. The zero-order valence-corrected chi connectivity index (χ0v) is 14.1. The number of thiocarbonyl (C=S) groups is 1. The van der Waals surface area contributed by atoms with Crippen LogP contribution in [0.15, 0.2) is 48.5 Å². The third kappa shape index (κ3) is 5.23. The van der Waals surface area contributed by atoms with Crippen LogP contribution in [0, 0.1) is 10.1 Å². The summed E-state index contributed by atoms with van der Waals surface area (Å²) in [5, 5.41) is 13.4. The van der Waals surface area contributed by atoms with Crippen LogP contribution in [0.1, 0.15) is 20.7 Å². The Hall–Kier alpha value is -3.04. The molecule has 0 aromatic heterocycles. The van der Waals surface area contributed by atoms with Crippen LogP contribution in [0.2, 0.25) is 5.02 Å². The number of halogens is 1. The van der Waals surface area contributed by atoms with Crippen LogP contribution in [-0.2, 0) is 0 Å². The molecule has 0 radical (unpaired) electrons. The van der Waals surface area contributed by atoms with E-state index in [2.05, 4.69) is 16.2 Å². The fourth-order valence-corrected chi connectivity index (χ4v) is 2.02. The lowest BCUT2D eigenvalue weighted by Crippen LogP contribution is -2.48. The Bertz CT molecular complexity index is 842. The van der Waals surface area contributed by atoms with Gasteiger partial charge in [0.25, 0.3) is 17.5 Å². The lowest BCUT2D eigenvalue weighted by Gasteiger charge is -2.10. The van der Waals surface area contributed by atoms with Gasteiger partial charge in [-0.15, -0.1) is 0 Å². The molecule has 0 unspecified atom stereocenters. The van der Waals surface area contributed by atoms with Gasteiger partial charge in [-0.3, -0.25) is 35.9 Å². The minimum Gasteiger partial charge on any atom is -0.298 e. The van der Waals surface area contributed by atoms with Gasteiger partial charge < -0.3 is 0 Å². The van der Waals surface area contributed by atoms with Crippen molar-refractivity contribution in [1.29, 1.82) is 0 Å². The summed E-state index contributed by atoms with van der Waals surface area (Å²) in [6.45, 7) is 0. The molecule has 0 aliphatic carbocycles. The summed E-state index contributed by atoms with van der Waals surface area (Å²) < 4.78 is 0. The topological polar surface area (TPSA) is 113 Å². The number of nitrogens with zero attached hydrogens (tertiary/aromatic N) is 1. The van der Waals surface area contributed by atoms with Crippen molar-refractivity contribution in [2.24, 2.45) is 0 Å². The highest BCUT2D eigenvalue weighted by atomic mass is 35.5. The normalized spacial score (nSPS) is 9.80. The second-order valence-corrected chi connectivity index (χ2v) is 5.52. The standard InChI is InChI=1S/C15H11ClN4O4S/c16-11-6-4-9(5-7-11)13(21)17-15(25)19-18-14(22)10-2-1-3-12(8-10)20(23)24/h1-8H,(H,18,22)(H2,17,19,21,25). The first kappa shape index (κ1) is 18.3. The third-order valence-electron chi connectivity index (χ3n) is 2.94. The van der Waals surface area contributed by atoms with Crippen molar-refractivity contribution < 1.29 is 14.5 Å². The predicted molar refractivity (Wildman–Crippen MR) is 95.2 cm³/mol. The molecule has 2 aromatic carbocycles. The molecule has 0 aliphatic heterocycles. The molecule has 0 saturated carbocycles. The van der Waals surface area contributed by atoms with Gasteiger partial charge in [-0.2, -0.15) is 0 Å². The van der Waals surface area contributed by atoms with Crippen LogP contribution in [0.4, 0.5) is 5.69 Å². The summed E-state index contributed by atoms with van der Waals surface area (Å²) in [6.07, 6.45) is 0. The lowest BCUT2D eigenvalue weighted by molar-refractivity contribution is -0.384. The van der Waals surface area contributed by atoms with Gasteiger partial charge in [-0.1, -0.05) is 17.7 Å². The summed E-state index contributed by atoms with van der Waals surface area (Å²) in [5.41, 5.74) is 4.77. The summed E-state index contributed by atoms with van der Waals surface area (Å²) in [5.74, 6) is -1.13. The number of amides is 2. The summed E-state index contributed by atoms with van der Waals surface area (Å²) in [4.78, 5) is 34.0. The fraction of sp³-hybridized carbons (Fsp3) is 0. The molecule has 8 nitrogen and oxygen atoms in total. The van der Waals surface area contributed by atoms with Crippen molar-refractivity contribution in [3.63, 3.8) is 0 Å². The highest BCUT2D eigenvalue weighted by Crippen LogP contribution is 2.12. The zero-order chi connectivity index (χ0) is 18.4. The molecule has 0 spiro atoms. The van der Waals surface area contributed by atoms with Gasteiger partial charge >= 0.3 is 0 Å². The predicted octanol–water partition coefficient (Wildman–Crippen LogP) is 2.20.